The first-order valence-corrected chi connectivity index (χ1v) is 10.8. The number of likely N-dealkylation sites (tertiary alicyclic amines) is 1. The number of carbonyl (C=O) groups excluding carboxylic acids is 1. The fraction of sp³-hybridized carbons (Fsp3) is 0.500. The number of amides is 1. The quantitative estimate of drug-likeness (QED) is 0.688. The van der Waals surface area contributed by atoms with Gasteiger partial charge in [-0.05, 0) is 54.7 Å². The molecule has 1 amide bonds. The summed E-state index contributed by atoms with van der Waals surface area (Å²) in [6, 6.07) is 11.9. The molecular formula is C24H28N2O4. The summed E-state index contributed by atoms with van der Waals surface area (Å²) in [7, 11) is 0. The lowest BCUT2D eigenvalue weighted by molar-refractivity contribution is 0.0646. The Labute approximate surface area is 177 Å². The standard InChI is InChI=1S/C24H28N2O4/c1-16-3-2-4-21(25-16)15-28-8-7-19-14-30-23-11-26(10-22(19)23)24(27)17-5-6-18-12-29-13-20(18)9-17/h2-6,9,19,22-23H,7-8,10-15H2,1H3/t19-,22-,23-/m0/s1. The molecule has 2 aromatic rings. The molecule has 5 rings (SSSR count). The van der Waals surface area contributed by atoms with Gasteiger partial charge < -0.3 is 19.1 Å². The molecule has 2 fully saturated rings. The number of nitrogens with zero attached hydrogens (tertiary/aromatic N) is 2. The van der Waals surface area contributed by atoms with Crippen LogP contribution in [0.5, 0.6) is 0 Å². The Morgan fingerprint density at radius 3 is 3.00 bits per heavy atom. The average Bonchev–Trinajstić information content (AvgIpc) is 3.46. The van der Waals surface area contributed by atoms with Crippen LogP contribution in [0.15, 0.2) is 36.4 Å². The Kier molecular flexibility index (Phi) is 5.54. The van der Waals surface area contributed by atoms with E-state index in [9.17, 15) is 4.79 Å². The summed E-state index contributed by atoms with van der Waals surface area (Å²) in [6.45, 7) is 6.67. The van der Waals surface area contributed by atoms with Gasteiger partial charge in [-0.2, -0.15) is 0 Å². The monoisotopic (exact) mass is 408 g/mol. The van der Waals surface area contributed by atoms with Gasteiger partial charge in [-0.25, -0.2) is 0 Å². The van der Waals surface area contributed by atoms with Crippen molar-refractivity contribution in [2.45, 2.75) is 39.3 Å². The largest absolute Gasteiger partial charge is 0.376 e. The molecule has 6 nitrogen and oxygen atoms in total. The van der Waals surface area contributed by atoms with Gasteiger partial charge in [-0.15, -0.1) is 0 Å². The van der Waals surface area contributed by atoms with Crippen LogP contribution < -0.4 is 0 Å². The van der Waals surface area contributed by atoms with E-state index in [1.807, 2.05) is 48.2 Å². The third-order valence-corrected chi connectivity index (χ3v) is 6.52. The molecule has 3 aliphatic heterocycles. The van der Waals surface area contributed by atoms with Crippen LogP contribution in [-0.2, 0) is 34.0 Å². The van der Waals surface area contributed by atoms with Crippen molar-refractivity contribution in [1.29, 1.82) is 0 Å². The van der Waals surface area contributed by atoms with E-state index in [1.165, 1.54) is 5.56 Å². The lowest BCUT2D eigenvalue weighted by Gasteiger charge is -2.20. The van der Waals surface area contributed by atoms with Crippen molar-refractivity contribution in [3.63, 3.8) is 0 Å². The average molecular weight is 408 g/mol. The van der Waals surface area contributed by atoms with Crippen molar-refractivity contribution in [2.24, 2.45) is 11.8 Å². The summed E-state index contributed by atoms with van der Waals surface area (Å²) in [6.07, 6.45) is 1.10. The lowest BCUT2D eigenvalue weighted by atomic mass is 9.91. The normalized spacial score (nSPS) is 24.8. The second-order valence-corrected chi connectivity index (χ2v) is 8.59. The third-order valence-electron chi connectivity index (χ3n) is 6.52. The fourth-order valence-corrected chi connectivity index (χ4v) is 4.84. The van der Waals surface area contributed by atoms with E-state index in [0.717, 1.165) is 42.1 Å². The summed E-state index contributed by atoms with van der Waals surface area (Å²) in [4.78, 5) is 19.5. The summed E-state index contributed by atoms with van der Waals surface area (Å²) in [5.74, 6) is 0.933. The van der Waals surface area contributed by atoms with Crippen LogP contribution in [0.4, 0.5) is 0 Å². The molecule has 0 N–H and O–H groups in total. The Hall–Kier alpha value is -2.28. The number of aromatic nitrogens is 1. The van der Waals surface area contributed by atoms with Crippen LogP contribution in [0.25, 0.3) is 0 Å². The van der Waals surface area contributed by atoms with Crippen LogP contribution in [0, 0.1) is 18.8 Å². The van der Waals surface area contributed by atoms with Gasteiger partial charge in [0.1, 0.15) is 0 Å². The highest BCUT2D eigenvalue weighted by atomic mass is 16.5. The van der Waals surface area contributed by atoms with E-state index in [-0.39, 0.29) is 12.0 Å². The number of ether oxygens (including phenoxy) is 3. The molecule has 1 aromatic heterocycles. The van der Waals surface area contributed by atoms with Crippen LogP contribution in [-0.4, -0.2) is 48.2 Å². The summed E-state index contributed by atoms with van der Waals surface area (Å²) < 4.78 is 17.4. The number of aryl methyl sites for hydroxylation is 1. The van der Waals surface area contributed by atoms with E-state index >= 15 is 0 Å². The second kappa shape index (κ2) is 8.46. The molecule has 3 aliphatic rings. The Balaban J connectivity index is 1.13. The Morgan fingerprint density at radius 1 is 1.20 bits per heavy atom. The summed E-state index contributed by atoms with van der Waals surface area (Å²) in [5.41, 5.74) is 5.05. The SMILES string of the molecule is Cc1cccc(COCC[C@H]2CO[C@H]3CN(C(=O)c4ccc5c(c4)COC5)C[C@@H]23)n1. The predicted molar refractivity (Wildman–Crippen MR) is 111 cm³/mol. The highest BCUT2D eigenvalue weighted by molar-refractivity contribution is 5.94. The molecule has 0 radical (unpaired) electrons. The molecule has 30 heavy (non-hydrogen) atoms. The smallest absolute Gasteiger partial charge is 0.253 e. The van der Waals surface area contributed by atoms with Gasteiger partial charge in [-0.1, -0.05) is 12.1 Å². The maximum atomic E-state index is 13.0. The van der Waals surface area contributed by atoms with Gasteiger partial charge in [0.2, 0.25) is 0 Å². The molecule has 0 bridgehead atoms. The van der Waals surface area contributed by atoms with Crippen LogP contribution >= 0.6 is 0 Å². The van der Waals surface area contributed by atoms with Crippen molar-refractivity contribution < 1.29 is 19.0 Å². The van der Waals surface area contributed by atoms with Crippen LogP contribution in [0.2, 0.25) is 0 Å². The van der Waals surface area contributed by atoms with Gasteiger partial charge in [-0.3, -0.25) is 9.78 Å². The number of benzene rings is 1. The van der Waals surface area contributed by atoms with Gasteiger partial charge in [0.15, 0.2) is 0 Å². The number of hydrogen-bond donors (Lipinski definition) is 0. The first-order chi connectivity index (χ1) is 14.7. The highest BCUT2D eigenvalue weighted by Gasteiger charge is 2.45. The molecule has 0 spiro atoms. The van der Waals surface area contributed by atoms with Crippen LogP contribution in [0.1, 0.15) is 39.3 Å². The molecule has 3 atom stereocenters. The number of carbonyl (C=O) groups is 1. The first kappa shape index (κ1) is 19.7. The van der Waals surface area contributed by atoms with Gasteiger partial charge in [0, 0.05) is 36.9 Å². The molecule has 2 saturated heterocycles. The molecule has 0 saturated carbocycles. The minimum absolute atomic E-state index is 0.100. The van der Waals surface area contributed by atoms with E-state index in [4.69, 9.17) is 14.2 Å². The van der Waals surface area contributed by atoms with E-state index in [2.05, 4.69) is 4.98 Å². The second-order valence-electron chi connectivity index (χ2n) is 8.59. The molecule has 1 aromatic carbocycles. The zero-order chi connectivity index (χ0) is 20.5. The van der Waals surface area contributed by atoms with Crippen molar-refractivity contribution >= 4 is 5.91 Å². The minimum atomic E-state index is 0.100. The topological polar surface area (TPSA) is 60.9 Å². The number of fused-ring (bicyclic) bond motifs is 2. The lowest BCUT2D eigenvalue weighted by Crippen LogP contribution is -2.31. The van der Waals surface area contributed by atoms with Crippen molar-refractivity contribution in [2.75, 3.05) is 26.3 Å². The predicted octanol–water partition coefficient (Wildman–Crippen LogP) is 3.11. The minimum Gasteiger partial charge on any atom is -0.376 e. The maximum absolute atomic E-state index is 13.0. The maximum Gasteiger partial charge on any atom is 0.253 e. The molecule has 0 unspecified atom stereocenters. The summed E-state index contributed by atoms with van der Waals surface area (Å²) in [5, 5.41) is 0. The highest BCUT2D eigenvalue weighted by Crippen LogP contribution is 2.36. The molecular weight excluding hydrogens is 380 g/mol. The Morgan fingerprint density at radius 2 is 2.10 bits per heavy atom. The van der Waals surface area contributed by atoms with Crippen molar-refractivity contribution in [3.05, 3.63) is 64.5 Å². The van der Waals surface area contributed by atoms with E-state index in [0.29, 0.717) is 44.8 Å². The molecule has 158 valence electrons. The fourth-order valence-electron chi connectivity index (χ4n) is 4.84. The van der Waals surface area contributed by atoms with Gasteiger partial charge in [0.25, 0.3) is 5.91 Å². The molecule has 0 aliphatic carbocycles. The number of rotatable bonds is 6. The zero-order valence-electron chi connectivity index (χ0n) is 17.4. The van der Waals surface area contributed by atoms with Gasteiger partial charge >= 0.3 is 0 Å². The number of hydrogen-bond acceptors (Lipinski definition) is 5. The molecule has 4 heterocycles. The van der Waals surface area contributed by atoms with E-state index in [1.54, 1.807) is 0 Å². The summed E-state index contributed by atoms with van der Waals surface area (Å²) >= 11 is 0. The Bertz CT molecular complexity index is 931. The zero-order valence-corrected chi connectivity index (χ0v) is 17.4. The van der Waals surface area contributed by atoms with E-state index < -0.39 is 0 Å². The molecule has 6 heteroatoms. The first-order valence-electron chi connectivity index (χ1n) is 10.8. The third kappa shape index (κ3) is 4.00. The van der Waals surface area contributed by atoms with Crippen LogP contribution in [0.3, 0.4) is 0 Å². The van der Waals surface area contributed by atoms with Gasteiger partial charge in [0.05, 0.1) is 38.2 Å². The number of pyridine rings is 1. The van der Waals surface area contributed by atoms with Crippen molar-refractivity contribution in [3.8, 4) is 0 Å². The van der Waals surface area contributed by atoms with Crippen molar-refractivity contribution in [1.82, 2.24) is 9.88 Å².